The van der Waals surface area contributed by atoms with Gasteiger partial charge in [0.05, 0.1) is 0 Å². The molecule has 1 fully saturated rings. The molecule has 0 saturated heterocycles. The lowest BCUT2D eigenvalue weighted by Crippen LogP contribution is -2.29. The zero-order valence-corrected chi connectivity index (χ0v) is 11.2. The molecule has 0 bridgehead atoms. The predicted molar refractivity (Wildman–Crippen MR) is 71.3 cm³/mol. The molecule has 0 radical (unpaired) electrons. The highest BCUT2D eigenvalue weighted by molar-refractivity contribution is 4.86. The van der Waals surface area contributed by atoms with Crippen molar-refractivity contribution < 1.29 is 0 Å². The molecule has 0 heterocycles. The summed E-state index contributed by atoms with van der Waals surface area (Å²) in [7, 11) is 0. The number of terminal acetylenes is 1. The van der Waals surface area contributed by atoms with E-state index in [9.17, 15) is 0 Å². The van der Waals surface area contributed by atoms with E-state index in [4.69, 9.17) is 6.42 Å². The summed E-state index contributed by atoms with van der Waals surface area (Å²) < 4.78 is 0. The van der Waals surface area contributed by atoms with Crippen molar-refractivity contribution in [3.63, 3.8) is 0 Å². The van der Waals surface area contributed by atoms with Crippen molar-refractivity contribution in [2.24, 2.45) is 11.3 Å². The second kappa shape index (κ2) is 6.30. The minimum Gasteiger partial charge on any atom is -0.313 e. The van der Waals surface area contributed by atoms with Crippen molar-refractivity contribution in [1.29, 1.82) is 0 Å². The summed E-state index contributed by atoms with van der Waals surface area (Å²) in [5.74, 6) is 3.59. The third-order valence-corrected chi connectivity index (χ3v) is 3.90. The van der Waals surface area contributed by atoms with Gasteiger partial charge in [0.15, 0.2) is 0 Å². The molecule has 1 N–H and O–H groups in total. The van der Waals surface area contributed by atoms with Gasteiger partial charge in [0.2, 0.25) is 0 Å². The Kier molecular flexibility index (Phi) is 5.35. The Labute approximate surface area is 101 Å². The van der Waals surface area contributed by atoms with E-state index in [1.165, 1.54) is 32.1 Å². The summed E-state index contributed by atoms with van der Waals surface area (Å²) in [5, 5.41) is 3.59. The van der Waals surface area contributed by atoms with Crippen LogP contribution in [0.15, 0.2) is 0 Å². The van der Waals surface area contributed by atoms with Gasteiger partial charge in [-0.25, -0.2) is 0 Å². The second-order valence-corrected chi connectivity index (χ2v) is 6.18. The standard InChI is InChI=1S/C15H27N/c1-5-6-12-16-14-9-7-8-13(10-11-14)15(2,3)4/h1,13-14,16H,6-12H2,2-4H3. The Morgan fingerprint density at radius 3 is 2.56 bits per heavy atom. The SMILES string of the molecule is C#CCCNC1CCCC(C(C)(C)C)CC1. The van der Waals surface area contributed by atoms with Crippen LogP contribution in [0.25, 0.3) is 0 Å². The molecule has 92 valence electrons. The molecule has 0 aromatic rings. The monoisotopic (exact) mass is 221 g/mol. The highest BCUT2D eigenvalue weighted by atomic mass is 14.9. The molecule has 0 amide bonds. The van der Waals surface area contributed by atoms with Crippen LogP contribution in [0.4, 0.5) is 0 Å². The quantitative estimate of drug-likeness (QED) is 0.436. The van der Waals surface area contributed by atoms with Gasteiger partial charge in [-0.05, 0) is 37.0 Å². The van der Waals surface area contributed by atoms with Crippen LogP contribution in [-0.2, 0) is 0 Å². The van der Waals surface area contributed by atoms with Gasteiger partial charge < -0.3 is 5.32 Å². The molecule has 1 heteroatoms. The van der Waals surface area contributed by atoms with Gasteiger partial charge in [0, 0.05) is 19.0 Å². The van der Waals surface area contributed by atoms with E-state index in [1.807, 2.05) is 0 Å². The smallest absolute Gasteiger partial charge is 0.0211 e. The Morgan fingerprint density at radius 2 is 1.94 bits per heavy atom. The maximum Gasteiger partial charge on any atom is 0.0211 e. The van der Waals surface area contributed by atoms with Crippen molar-refractivity contribution in [2.45, 2.75) is 65.3 Å². The Balaban J connectivity index is 2.32. The van der Waals surface area contributed by atoms with Gasteiger partial charge in [-0.3, -0.25) is 0 Å². The molecule has 0 aliphatic heterocycles. The van der Waals surface area contributed by atoms with E-state index < -0.39 is 0 Å². The maximum absolute atomic E-state index is 5.26. The maximum atomic E-state index is 5.26. The first-order chi connectivity index (χ1) is 7.54. The number of rotatable bonds is 3. The fourth-order valence-corrected chi connectivity index (χ4v) is 2.72. The van der Waals surface area contributed by atoms with Crippen molar-refractivity contribution in [3.8, 4) is 12.3 Å². The van der Waals surface area contributed by atoms with Crippen LogP contribution < -0.4 is 5.32 Å². The topological polar surface area (TPSA) is 12.0 Å². The number of nitrogens with one attached hydrogen (secondary N) is 1. The summed E-state index contributed by atoms with van der Waals surface area (Å²) in [5.41, 5.74) is 0.480. The summed E-state index contributed by atoms with van der Waals surface area (Å²) in [6.45, 7) is 8.12. The van der Waals surface area contributed by atoms with Crippen LogP contribution in [0, 0.1) is 23.7 Å². The minimum absolute atomic E-state index is 0.480. The van der Waals surface area contributed by atoms with E-state index in [1.54, 1.807) is 0 Å². The first-order valence-electron chi connectivity index (χ1n) is 6.71. The van der Waals surface area contributed by atoms with E-state index in [0.717, 1.165) is 18.9 Å². The van der Waals surface area contributed by atoms with Crippen molar-refractivity contribution >= 4 is 0 Å². The molecule has 1 rings (SSSR count). The highest BCUT2D eigenvalue weighted by Gasteiger charge is 2.27. The van der Waals surface area contributed by atoms with Crippen LogP contribution in [0.3, 0.4) is 0 Å². The third kappa shape index (κ3) is 4.58. The molecule has 0 spiro atoms. The second-order valence-electron chi connectivity index (χ2n) is 6.18. The Hall–Kier alpha value is -0.480. The number of hydrogen-bond acceptors (Lipinski definition) is 1. The summed E-state index contributed by atoms with van der Waals surface area (Å²) in [6.07, 6.45) is 12.9. The minimum atomic E-state index is 0.480. The number of hydrogen-bond donors (Lipinski definition) is 1. The molecule has 1 aliphatic rings. The molecule has 16 heavy (non-hydrogen) atoms. The molecule has 1 aliphatic carbocycles. The van der Waals surface area contributed by atoms with Crippen molar-refractivity contribution in [2.75, 3.05) is 6.54 Å². The largest absolute Gasteiger partial charge is 0.313 e. The van der Waals surface area contributed by atoms with E-state index in [-0.39, 0.29) is 0 Å². The first-order valence-corrected chi connectivity index (χ1v) is 6.71. The zero-order valence-electron chi connectivity index (χ0n) is 11.2. The van der Waals surface area contributed by atoms with Crippen LogP contribution in [0.1, 0.15) is 59.3 Å². The molecule has 1 nitrogen and oxygen atoms in total. The first kappa shape index (κ1) is 13.6. The third-order valence-electron chi connectivity index (χ3n) is 3.90. The lowest BCUT2D eigenvalue weighted by Gasteiger charge is -2.29. The fourth-order valence-electron chi connectivity index (χ4n) is 2.72. The Morgan fingerprint density at radius 1 is 1.19 bits per heavy atom. The van der Waals surface area contributed by atoms with E-state index in [2.05, 4.69) is 32.0 Å². The summed E-state index contributed by atoms with van der Waals surface area (Å²) >= 11 is 0. The molecule has 0 aromatic heterocycles. The van der Waals surface area contributed by atoms with Crippen LogP contribution in [0.5, 0.6) is 0 Å². The molecule has 1 saturated carbocycles. The Bertz CT molecular complexity index is 231. The van der Waals surface area contributed by atoms with Gasteiger partial charge in [0.1, 0.15) is 0 Å². The van der Waals surface area contributed by atoms with Crippen molar-refractivity contribution in [3.05, 3.63) is 0 Å². The average molecular weight is 221 g/mol. The van der Waals surface area contributed by atoms with Gasteiger partial charge in [-0.1, -0.05) is 27.2 Å². The lowest BCUT2D eigenvalue weighted by atomic mass is 9.76. The molecule has 0 aromatic carbocycles. The molecule has 2 unspecified atom stereocenters. The molecule has 2 atom stereocenters. The zero-order chi connectivity index (χ0) is 12.0. The van der Waals surface area contributed by atoms with Crippen molar-refractivity contribution in [1.82, 2.24) is 5.32 Å². The van der Waals surface area contributed by atoms with Gasteiger partial charge in [0.25, 0.3) is 0 Å². The molecular weight excluding hydrogens is 194 g/mol. The van der Waals surface area contributed by atoms with Crippen LogP contribution in [0.2, 0.25) is 0 Å². The van der Waals surface area contributed by atoms with E-state index in [0.29, 0.717) is 11.5 Å². The molecular formula is C15H27N. The van der Waals surface area contributed by atoms with Crippen LogP contribution >= 0.6 is 0 Å². The van der Waals surface area contributed by atoms with E-state index >= 15 is 0 Å². The summed E-state index contributed by atoms with van der Waals surface area (Å²) in [6, 6.07) is 0.709. The van der Waals surface area contributed by atoms with Gasteiger partial charge >= 0.3 is 0 Å². The normalized spacial score (nSPS) is 27.1. The highest BCUT2D eigenvalue weighted by Crippen LogP contribution is 2.36. The average Bonchev–Trinajstić information content (AvgIpc) is 2.43. The van der Waals surface area contributed by atoms with Crippen LogP contribution in [-0.4, -0.2) is 12.6 Å². The summed E-state index contributed by atoms with van der Waals surface area (Å²) in [4.78, 5) is 0. The predicted octanol–water partition coefficient (Wildman–Crippen LogP) is 3.59. The lowest BCUT2D eigenvalue weighted by molar-refractivity contribution is 0.213. The van der Waals surface area contributed by atoms with Gasteiger partial charge in [-0.15, -0.1) is 12.3 Å². The van der Waals surface area contributed by atoms with Gasteiger partial charge in [-0.2, -0.15) is 0 Å². The fraction of sp³-hybridized carbons (Fsp3) is 0.867.